The second-order valence-electron chi connectivity index (χ2n) is 4.29. The second-order valence-corrected chi connectivity index (χ2v) is 4.29. The summed E-state index contributed by atoms with van der Waals surface area (Å²) in [5, 5.41) is 9.64. The maximum absolute atomic E-state index is 12.4. The Morgan fingerprint density at radius 1 is 1.53 bits per heavy atom. The molecule has 1 fully saturated rings. The van der Waals surface area contributed by atoms with Crippen LogP contribution in [0.25, 0.3) is 0 Å². The number of nitrogens with zero attached hydrogens (tertiary/aromatic N) is 2. The van der Waals surface area contributed by atoms with Crippen molar-refractivity contribution in [2.24, 2.45) is 0 Å². The molecule has 1 rings (SSSR count). The van der Waals surface area contributed by atoms with Gasteiger partial charge >= 0.3 is 12.1 Å². The number of rotatable bonds is 1. The third-order valence-electron chi connectivity index (χ3n) is 2.48. The average molecular weight is 252 g/mol. The van der Waals surface area contributed by atoms with E-state index >= 15 is 0 Å². The molecule has 0 aromatic rings. The molecule has 0 saturated carbocycles. The molecule has 0 radical (unpaired) electrons. The van der Waals surface area contributed by atoms with E-state index in [1.54, 1.807) is 14.1 Å². The first-order valence-corrected chi connectivity index (χ1v) is 5.11. The van der Waals surface area contributed by atoms with Crippen LogP contribution in [0.1, 0.15) is 13.3 Å². The molecule has 0 spiro atoms. The zero-order valence-corrected chi connectivity index (χ0v) is 9.82. The number of halogens is 3. The molecular weight excluding hydrogens is 237 g/mol. The summed E-state index contributed by atoms with van der Waals surface area (Å²) in [5.41, 5.74) is -0.00942. The van der Waals surface area contributed by atoms with Crippen LogP contribution in [0.15, 0.2) is 11.9 Å². The van der Waals surface area contributed by atoms with E-state index in [-0.39, 0.29) is 12.1 Å². The van der Waals surface area contributed by atoms with Gasteiger partial charge in [0.15, 0.2) is 0 Å². The minimum absolute atomic E-state index is 0.00942. The van der Waals surface area contributed by atoms with Crippen molar-refractivity contribution in [3.05, 3.63) is 11.9 Å². The Balaban J connectivity index is 3.06. The molecule has 1 aliphatic heterocycles. The van der Waals surface area contributed by atoms with E-state index in [1.165, 1.54) is 18.0 Å². The first kappa shape index (κ1) is 13.8. The second kappa shape index (κ2) is 4.56. The van der Waals surface area contributed by atoms with Crippen molar-refractivity contribution >= 4 is 5.91 Å². The molecule has 1 amide bonds. The molecule has 98 valence electrons. The lowest BCUT2D eigenvalue weighted by atomic mass is 10.2. The van der Waals surface area contributed by atoms with Crippen LogP contribution in [0.4, 0.5) is 13.2 Å². The normalized spacial score (nSPS) is 27.7. The van der Waals surface area contributed by atoms with Gasteiger partial charge in [0.25, 0.3) is 0 Å². The Morgan fingerprint density at radius 3 is 2.47 bits per heavy atom. The van der Waals surface area contributed by atoms with Gasteiger partial charge in [0, 0.05) is 26.3 Å². The molecule has 2 unspecified atom stereocenters. The quantitative estimate of drug-likeness (QED) is 0.755. The summed E-state index contributed by atoms with van der Waals surface area (Å²) in [6.07, 6.45) is -4.53. The number of alkyl halides is 3. The van der Waals surface area contributed by atoms with Crippen LogP contribution in [-0.4, -0.2) is 53.2 Å². The van der Waals surface area contributed by atoms with Gasteiger partial charge in [-0.25, -0.2) is 0 Å². The first-order chi connectivity index (χ1) is 7.64. The van der Waals surface area contributed by atoms with Crippen molar-refractivity contribution in [1.82, 2.24) is 9.80 Å². The van der Waals surface area contributed by atoms with Crippen molar-refractivity contribution in [3.63, 3.8) is 0 Å². The third-order valence-corrected chi connectivity index (χ3v) is 2.48. The summed E-state index contributed by atoms with van der Waals surface area (Å²) < 4.78 is 37.2. The monoisotopic (exact) mass is 252 g/mol. The SMILES string of the molecule is CC1CC(O)C(=CN(C)C)N1C(=O)C(F)(F)F. The van der Waals surface area contributed by atoms with Gasteiger partial charge in [-0.15, -0.1) is 0 Å². The zero-order chi connectivity index (χ0) is 13.4. The van der Waals surface area contributed by atoms with Gasteiger partial charge in [-0.1, -0.05) is 0 Å². The molecule has 1 N–H and O–H groups in total. The Bertz CT molecular complexity index is 339. The predicted molar refractivity (Wildman–Crippen MR) is 54.8 cm³/mol. The fourth-order valence-corrected chi connectivity index (χ4v) is 1.83. The molecule has 17 heavy (non-hydrogen) atoms. The number of aliphatic hydroxyl groups excluding tert-OH is 1. The van der Waals surface area contributed by atoms with Gasteiger partial charge in [-0.2, -0.15) is 13.2 Å². The van der Waals surface area contributed by atoms with E-state index in [2.05, 4.69) is 0 Å². The van der Waals surface area contributed by atoms with Crippen molar-refractivity contribution in [3.8, 4) is 0 Å². The van der Waals surface area contributed by atoms with Crippen LogP contribution >= 0.6 is 0 Å². The van der Waals surface area contributed by atoms with E-state index in [0.29, 0.717) is 4.90 Å². The molecule has 1 saturated heterocycles. The number of amides is 1. The lowest BCUT2D eigenvalue weighted by molar-refractivity contribution is -0.184. The van der Waals surface area contributed by atoms with Gasteiger partial charge in [-0.3, -0.25) is 4.79 Å². The summed E-state index contributed by atoms with van der Waals surface area (Å²) >= 11 is 0. The molecule has 1 aliphatic rings. The molecular formula is C10H15F3N2O2. The van der Waals surface area contributed by atoms with Crippen molar-refractivity contribution in [2.75, 3.05) is 14.1 Å². The average Bonchev–Trinajstić information content (AvgIpc) is 2.38. The summed E-state index contributed by atoms with van der Waals surface area (Å²) in [5.74, 6) is -1.94. The molecule has 0 aliphatic carbocycles. The lowest BCUT2D eigenvalue weighted by Gasteiger charge is -2.25. The van der Waals surface area contributed by atoms with E-state index in [4.69, 9.17) is 0 Å². The molecule has 0 aromatic carbocycles. The summed E-state index contributed by atoms with van der Waals surface area (Å²) in [6, 6.07) is -0.662. The summed E-state index contributed by atoms with van der Waals surface area (Å²) in [6.45, 7) is 1.48. The molecule has 0 bridgehead atoms. The van der Waals surface area contributed by atoms with Gasteiger partial charge < -0.3 is 14.9 Å². The zero-order valence-electron chi connectivity index (χ0n) is 9.82. The highest BCUT2D eigenvalue weighted by Gasteiger charge is 2.49. The maximum atomic E-state index is 12.4. The smallest absolute Gasteiger partial charge is 0.387 e. The Hall–Kier alpha value is -1.24. The molecule has 1 heterocycles. The Kier molecular flexibility index (Phi) is 3.71. The minimum atomic E-state index is -4.93. The number of aliphatic hydroxyl groups is 1. The van der Waals surface area contributed by atoms with Crippen LogP contribution in [0.3, 0.4) is 0 Å². The summed E-state index contributed by atoms with van der Waals surface area (Å²) in [4.78, 5) is 13.4. The van der Waals surface area contributed by atoms with Gasteiger partial charge in [-0.05, 0) is 13.3 Å². The topological polar surface area (TPSA) is 43.8 Å². The number of hydrogen-bond acceptors (Lipinski definition) is 3. The highest BCUT2D eigenvalue weighted by Crippen LogP contribution is 2.32. The highest BCUT2D eigenvalue weighted by atomic mass is 19.4. The molecule has 7 heteroatoms. The third kappa shape index (κ3) is 2.91. The fraction of sp³-hybridized carbons (Fsp3) is 0.700. The maximum Gasteiger partial charge on any atom is 0.471 e. The number of hydrogen-bond donors (Lipinski definition) is 1. The van der Waals surface area contributed by atoms with Crippen LogP contribution < -0.4 is 0 Å². The number of carbonyl (C=O) groups excluding carboxylic acids is 1. The summed E-state index contributed by atoms with van der Waals surface area (Å²) in [7, 11) is 3.22. The largest absolute Gasteiger partial charge is 0.471 e. The molecule has 4 nitrogen and oxygen atoms in total. The molecule has 0 aromatic heterocycles. The molecule has 2 atom stereocenters. The van der Waals surface area contributed by atoms with Crippen LogP contribution in [0.5, 0.6) is 0 Å². The number of likely N-dealkylation sites (tertiary alicyclic amines) is 1. The first-order valence-electron chi connectivity index (χ1n) is 5.11. The lowest BCUT2D eigenvalue weighted by Crippen LogP contribution is -2.42. The van der Waals surface area contributed by atoms with Gasteiger partial charge in [0.05, 0.1) is 11.8 Å². The van der Waals surface area contributed by atoms with E-state index in [9.17, 15) is 23.1 Å². The van der Waals surface area contributed by atoms with Crippen molar-refractivity contribution < 1.29 is 23.1 Å². The Labute approximate surface area is 97.3 Å². The number of carbonyl (C=O) groups is 1. The fourth-order valence-electron chi connectivity index (χ4n) is 1.83. The van der Waals surface area contributed by atoms with E-state index < -0.39 is 24.2 Å². The van der Waals surface area contributed by atoms with Gasteiger partial charge in [0.1, 0.15) is 0 Å². The van der Waals surface area contributed by atoms with Gasteiger partial charge in [0.2, 0.25) is 0 Å². The van der Waals surface area contributed by atoms with E-state index in [0.717, 1.165) is 0 Å². The highest BCUT2D eigenvalue weighted by molar-refractivity contribution is 5.84. The van der Waals surface area contributed by atoms with Crippen LogP contribution in [0, 0.1) is 0 Å². The standard InChI is InChI=1S/C10H15F3N2O2/c1-6-4-8(16)7(5-14(2)3)15(6)9(17)10(11,12)13/h5-6,8,16H,4H2,1-3H3. The Morgan fingerprint density at radius 2 is 2.06 bits per heavy atom. The van der Waals surface area contributed by atoms with Crippen molar-refractivity contribution in [2.45, 2.75) is 31.7 Å². The van der Waals surface area contributed by atoms with Crippen LogP contribution in [0.2, 0.25) is 0 Å². The van der Waals surface area contributed by atoms with E-state index in [1.807, 2.05) is 0 Å². The minimum Gasteiger partial charge on any atom is -0.387 e. The predicted octanol–water partition coefficient (Wildman–Crippen LogP) is 0.933. The van der Waals surface area contributed by atoms with Crippen molar-refractivity contribution in [1.29, 1.82) is 0 Å². The van der Waals surface area contributed by atoms with Crippen LogP contribution in [-0.2, 0) is 4.79 Å².